The summed E-state index contributed by atoms with van der Waals surface area (Å²) in [6.45, 7) is 9.38. The lowest BCUT2D eigenvalue weighted by Gasteiger charge is -2.19. The van der Waals surface area contributed by atoms with Crippen LogP contribution in [-0.4, -0.2) is 6.61 Å². The number of hydrogen-bond acceptors (Lipinski definition) is 2. The molecule has 1 aromatic carbocycles. The number of benzene rings is 1. The highest BCUT2D eigenvalue weighted by molar-refractivity contribution is 5.38. The summed E-state index contributed by atoms with van der Waals surface area (Å²) in [5.74, 6) is 1.62. The van der Waals surface area contributed by atoms with Crippen LogP contribution in [0.25, 0.3) is 0 Å². The van der Waals surface area contributed by atoms with E-state index >= 15 is 0 Å². The van der Waals surface area contributed by atoms with Crippen LogP contribution in [-0.2, 0) is 0 Å². The highest BCUT2D eigenvalue weighted by atomic mass is 16.5. The van der Waals surface area contributed by atoms with Gasteiger partial charge in [-0.15, -0.1) is 0 Å². The molecule has 1 aromatic rings. The topological polar surface area (TPSA) is 35.2 Å². The van der Waals surface area contributed by atoms with E-state index in [2.05, 4.69) is 39.0 Å². The van der Waals surface area contributed by atoms with Crippen molar-refractivity contribution in [1.82, 2.24) is 0 Å². The van der Waals surface area contributed by atoms with Gasteiger partial charge in [0.25, 0.3) is 0 Å². The number of hydrogen-bond donors (Lipinski definition) is 1. The minimum atomic E-state index is 0.0197. The molecule has 2 nitrogen and oxygen atoms in total. The first-order valence-corrected chi connectivity index (χ1v) is 7.57. The number of aryl methyl sites for hydroxylation is 1. The molecule has 0 aliphatic heterocycles. The Kier molecular flexibility index (Phi) is 6.93. The maximum absolute atomic E-state index is 6.05. The van der Waals surface area contributed by atoms with Gasteiger partial charge in [-0.2, -0.15) is 0 Å². The average molecular weight is 263 g/mol. The molecule has 0 aromatic heterocycles. The third kappa shape index (κ3) is 5.23. The minimum absolute atomic E-state index is 0.0197. The summed E-state index contributed by atoms with van der Waals surface area (Å²) in [7, 11) is 0. The van der Waals surface area contributed by atoms with Crippen LogP contribution in [0, 0.1) is 12.8 Å². The largest absolute Gasteiger partial charge is 0.493 e. The molecule has 108 valence electrons. The van der Waals surface area contributed by atoms with Crippen molar-refractivity contribution in [2.75, 3.05) is 6.61 Å². The molecule has 1 rings (SSSR count). The zero-order valence-corrected chi connectivity index (χ0v) is 12.9. The van der Waals surface area contributed by atoms with Crippen LogP contribution >= 0.6 is 0 Å². The van der Waals surface area contributed by atoms with Crippen molar-refractivity contribution in [3.8, 4) is 5.75 Å². The van der Waals surface area contributed by atoms with Crippen LogP contribution < -0.4 is 10.5 Å². The van der Waals surface area contributed by atoms with Gasteiger partial charge in [0.1, 0.15) is 5.75 Å². The Morgan fingerprint density at radius 2 is 2.00 bits per heavy atom. The third-order valence-electron chi connectivity index (χ3n) is 3.68. The Morgan fingerprint density at radius 3 is 2.58 bits per heavy atom. The van der Waals surface area contributed by atoms with E-state index in [1.165, 1.54) is 31.2 Å². The Bertz CT molecular complexity index is 374. The van der Waals surface area contributed by atoms with Gasteiger partial charge in [-0.3, -0.25) is 0 Å². The zero-order chi connectivity index (χ0) is 14.3. The van der Waals surface area contributed by atoms with E-state index in [9.17, 15) is 0 Å². The van der Waals surface area contributed by atoms with Gasteiger partial charge in [0.2, 0.25) is 0 Å². The molecule has 19 heavy (non-hydrogen) atoms. The predicted octanol–water partition coefficient (Wildman–Crippen LogP) is 4.61. The van der Waals surface area contributed by atoms with E-state index in [4.69, 9.17) is 10.5 Å². The molecular weight excluding hydrogens is 234 g/mol. The Labute approximate surface area is 118 Å². The van der Waals surface area contributed by atoms with Crippen LogP contribution in [0.1, 0.15) is 63.6 Å². The molecule has 0 saturated carbocycles. The van der Waals surface area contributed by atoms with Crippen molar-refractivity contribution >= 4 is 0 Å². The minimum Gasteiger partial charge on any atom is -0.493 e. The highest BCUT2D eigenvalue weighted by Crippen LogP contribution is 2.26. The average Bonchev–Trinajstić information content (AvgIpc) is 2.38. The summed E-state index contributed by atoms with van der Waals surface area (Å²) >= 11 is 0. The molecular formula is C17H29NO. The Balaban J connectivity index is 2.67. The highest BCUT2D eigenvalue weighted by Gasteiger charge is 2.11. The summed E-state index contributed by atoms with van der Waals surface area (Å²) in [5.41, 5.74) is 8.33. The van der Waals surface area contributed by atoms with E-state index in [-0.39, 0.29) is 6.04 Å². The van der Waals surface area contributed by atoms with Crippen molar-refractivity contribution in [1.29, 1.82) is 0 Å². The first-order chi connectivity index (χ1) is 9.08. The summed E-state index contributed by atoms with van der Waals surface area (Å²) in [5, 5.41) is 0. The number of unbranched alkanes of at least 4 members (excludes halogenated alkanes) is 1. The quantitative estimate of drug-likeness (QED) is 0.743. The van der Waals surface area contributed by atoms with Crippen LogP contribution in [0.5, 0.6) is 5.75 Å². The molecule has 0 heterocycles. The van der Waals surface area contributed by atoms with E-state index in [1.807, 2.05) is 6.92 Å². The van der Waals surface area contributed by atoms with Gasteiger partial charge in [-0.1, -0.05) is 45.2 Å². The van der Waals surface area contributed by atoms with Crippen molar-refractivity contribution in [3.05, 3.63) is 29.3 Å². The summed E-state index contributed by atoms with van der Waals surface area (Å²) in [6, 6.07) is 6.30. The lowest BCUT2D eigenvalue weighted by atomic mass is 10.0. The van der Waals surface area contributed by atoms with Gasteiger partial charge < -0.3 is 10.5 Å². The molecule has 0 aliphatic carbocycles. The lowest BCUT2D eigenvalue weighted by Crippen LogP contribution is -2.14. The van der Waals surface area contributed by atoms with E-state index in [0.717, 1.165) is 17.9 Å². The smallest absolute Gasteiger partial charge is 0.124 e. The maximum atomic E-state index is 6.05. The number of nitrogens with two attached hydrogens (primary N) is 1. The Hall–Kier alpha value is -1.02. The van der Waals surface area contributed by atoms with E-state index in [1.54, 1.807) is 0 Å². The fourth-order valence-electron chi connectivity index (χ4n) is 2.25. The third-order valence-corrected chi connectivity index (χ3v) is 3.68. The SMILES string of the molecule is CCCCC(CC)COc1cc(C)ccc1[C@H](C)N. The maximum Gasteiger partial charge on any atom is 0.124 e. The molecule has 0 saturated heterocycles. The molecule has 2 atom stereocenters. The second kappa shape index (κ2) is 8.21. The molecule has 2 N–H and O–H groups in total. The zero-order valence-electron chi connectivity index (χ0n) is 12.9. The van der Waals surface area contributed by atoms with E-state index < -0.39 is 0 Å². The van der Waals surface area contributed by atoms with Gasteiger partial charge in [0, 0.05) is 11.6 Å². The van der Waals surface area contributed by atoms with Crippen LogP contribution in [0.3, 0.4) is 0 Å². The molecule has 0 radical (unpaired) electrons. The second-order valence-electron chi connectivity index (χ2n) is 5.56. The molecule has 1 unspecified atom stereocenters. The van der Waals surface area contributed by atoms with Crippen molar-refractivity contribution in [3.63, 3.8) is 0 Å². The summed E-state index contributed by atoms with van der Waals surface area (Å²) in [4.78, 5) is 0. The molecule has 0 spiro atoms. The van der Waals surface area contributed by atoms with Gasteiger partial charge in [-0.25, -0.2) is 0 Å². The first kappa shape index (κ1) is 16.0. The van der Waals surface area contributed by atoms with Gasteiger partial charge in [0.15, 0.2) is 0 Å². The second-order valence-corrected chi connectivity index (χ2v) is 5.56. The van der Waals surface area contributed by atoms with Crippen molar-refractivity contribution < 1.29 is 4.74 Å². The predicted molar refractivity (Wildman–Crippen MR) is 82.6 cm³/mol. The van der Waals surface area contributed by atoms with Crippen molar-refractivity contribution in [2.24, 2.45) is 11.7 Å². The van der Waals surface area contributed by atoms with E-state index in [0.29, 0.717) is 5.92 Å². The summed E-state index contributed by atoms with van der Waals surface area (Å²) in [6.07, 6.45) is 4.98. The normalized spacial score (nSPS) is 14.2. The first-order valence-electron chi connectivity index (χ1n) is 7.57. The van der Waals surface area contributed by atoms with Gasteiger partial charge >= 0.3 is 0 Å². The molecule has 0 fully saturated rings. The number of rotatable bonds is 8. The van der Waals surface area contributed by atoms with Crippen molar-refractivity contribution in [2.45, 2.75) is 59.4 Å². The molecule has 2 heteroatoms. The molecule has 0 aliphatic rings. The fraction of sp³-hybridized carbons (Fsp3) is 0.647. The molecule has 0 amide bonds. The monoisotopic (exact) mass is 263 g/mol. The number of ether oxygens (including phenoxy) is 1. The van der Waals surface area contributed by atoms with Crippen LogP contribution in [0.15, 0.2) is 18.2 Å². The van der Waals surface area contributed by atoms with Crippen LogP contribution in [0.2, 0.25) is 0 Å². The van der Waals surface area contributed by atoms with Gasteiger partial charge in [-0.05, 0) is 37.8 Å². The molecule has 0 bridgehead atoms. The van der Waals surface area contributed by atoms with Crippen LogP contribution in [0.4, 0.5) is 0 Å². The van der Waals surface area contributed by atoms with Gasteiger partial charge in [0.05, 0.1) is 6.61 Å². The Morgan fingerprint density at radius 1 is 1.26 bits per heavy atom. The fourth-order valence-corrected chi connectivity index (χ4v) is 2.25. The lowest BCUT2D eigenvalue weighted by molar-refractivity contribution is 0.230. The summed E-state index contributed by atoms with van der Waals surface area (Å²) < 4.78 is 6.05. The standard InChI is InChI=1S/C17H29NO/c1-5-7-8-15(6-2)12-19-17-11-13(3)9-10-16(17)14(4)18/h9-11,14-15H,5-8,12,18H2,1-4H3/t14-,15?/m0/s1.